The van der Waals surface area contributed by atoms with E-state index in [4.69, 9.17) is 11.6 Å². The Morgan fingerprint density at radius 3 is 2.61 bits per heavy atom. The third kappa shape index (κ3) is 4.59. The molecule has 2 aliphatic heterocycles. The summed E-state index contributed by atoms with van der Waals surface area (Å²) in [5.41, 5.74) is -0.934. The van der Waals surface area contributed by atoms with Crippen LogP contribution in [0.25, 0.3) is 11.1 Å². The standard InChI is InChI=1S/C24H16ClF7N4O2/c25-14-8-16(15(26)7-13(14)11-1-4-19(34-9-11)38-10-23(28,29)30)35-22(37)36-17-2-3-18(36)24(31,32)20-12(17)5-6-33-21(20)27/h1,4-9,17-18H,2-3,10H2,(H,35,37)/t17-,18+/m0/s1. The van der Waals surface area contributed by atoms with Crippen LogP contribution in [0.4, 0.5) is 41.2 Å². The van der Waals surface area contributed by atoms with Crippen LogP contribution in [0.5, 0.6) is 5.88 Å². The molecule has 3 aromatic rings. The number of hydrogen-bond donors (Lipinski definition) is 1. The predicted molar refractivity (Wildman–Crippen MR) is 121 cm³/mol. The fraction of sp³-hybridized carbons (Fsp3) is 0.292. The highest BCUT2D eigenvalue weighted by molar-refractivity contribution is 6.33. The molecule has 2 bridgehead atoms. The molecule has 5 rings (SSSR count). The highest BCUT2D eigenvalue weighted by Crippen LogP contribution is 2.54. The van der Waals surface area contributed by atoms with E-state index >= 15 is 8.78 Å². The van der Waals surface area contributed by atoms with Crippen molar-refractivity contribution in [3.63, 3.8) is 0 Å². The number of alkyl halides is 5. The number of carbonyl (C=O) groups is 1. The molecule has 0 spiro atoms. The average molecular weight is 561 g/mol. The van der Waals surface area contributed by atoms with Gasteiger partial charge in [0.05, 0.1) is 22.3 Å². The van der Waals surface area contributed by atoms with E-state index in [1.54, 1.807) is 0 Å². The van der Waals surface area contributed by atoms with E-state index in [0.717, 1.165) is 35.5 Å². The SMILES string of the molecule is O=C(Nc1cc(Cl)c(-c2ccc(OCC(F)(F)F)nc2)cc1F)N1[C@H]2CC[C@@H]1C(F)(F)c1c2ccnc1F. The largest absolute Gasteiger partial charge is 0.468 e. The number of fused-ring (bicyclic) bond motifs is 4. The van der Waals surface area contributed by atoms with E-state index in [-0.39, 0.29) is 40.4 Å². The van der Waals surface area contributed by atoms with Gasteiger partial charge in [0.2, 0.25) is 11.8 Å². The molecule has 2 aromatic heterocycles. The molecule has 2 aliphatic rings. The Hall–Kier alpha value is -3.61. The van der Waals surface area contributed by atoms with Gasteiger partial charge in [0.25, 0.3) is 5.92 Å². The summed E-state index contributed by atoms with van der Waals surface area (Å²) in [4.78, 5) is 21.0. The molecule has 0 aliphatic carbocycles. The summed E-state index contributed by atoms with van der Waals surface area (Å²) >= 11 is 6.26. The number of rotatable bonds is 4. The van der Waals surface area contributed by atoms with Gasteiger partial charge in [-0.15, -0.1) is 0 Å². The zero-order valence-electron chi connectivity index (χ0n) is 19.0. The summed E-state index contributed by atoms with van der Waals surface area (Å²) < 4.78 is 101. The van der Waals surface area contributed by atoms with Gasteiger partial charge in [-0.3, -0.25) is 0 Å². The van der Waals surface area contributed by atoms with E-state index in [1.165, 1.54) is 12.1 Å². The lowest BCUT2D eigenvalue weighted by Gasteiger charge is -2.40. The van der Waals surface area contributed by atoms with Gasteiger partial charge in [-0.05, 0) is 42.7 Å². The van der Waals surface area contributed by atoms with Crippen molar-refractivity contribution in [2.75, 3.05) is 11.9 Å². The number of aromatic nitrogens is 2. The summed E-state index contributed by atoms with van der Waals surface area (Å²) in [6, 6.07) is 2.20. The maximum Gasteiger partial charge on any atom is 0.422 e. The van der Waals surface area contributed by atoms with Crippen molar-refractivity contribution < 1.29 is 40.3 Å². The molecule has 1 saturated heterocycles. The summed E-state index contributed by atoms with van der Waals surface area (Å²) in [7, 11) is 0. The van der Waals surface area contributed by atoms with Gasteiger partial charge >= 0.3 is 12.2 Å². The number of anilines is 1. The molecule has 14 heteroatoms. The number of amides is 2. The topological polar surface area (TPSA) is 67.3 Å². The zero-order chi connectivity index (χ0) is 27.4. The highest BCUT2D eigenvalue weighted by Gasteiger charge is 2.59. The highest BCUT2D eigenvalue weighted by atomic mass is 35.5. The first-order chi connectivity index (χ1) is 17.9. The summed E-state index contributed by atoms with van der Waals surface area (Å²) in [5.74, 6) is -6.27. The van der Waals surface area contributed by atoms with Crippen LogP contribution in [0.15, 0.2) is 42.7 Å². The Bertz CT molecular complexity index is 1400. The molecule has 38 heavy (non-hydrogen) atoms. The fourth-order valence-corrected chi connectivity index (χ4v) is 5.08. The van der Waals surface area contributed by atoms with E-state index in [2.05, 4.69) is 20.0 Å². The zero-order valence-corrected chi connectivity index (χ0v) is 19.8. The van der Waals surface area contributed by atoms with Gasteiger partial charge in [0, 0.05) is 29.6 Å². The summed E-state index contributed by atoms with van der Waals surface area (Å²) in [6.07, 6.45) is -2.32. The number of pyridine rings is 2. The predicted octanol–water partition coefficient (Wildman–Crippen LogP) is 6.86. The second kappa shape index (κ2) is 9.29. The van der Waals surface area contributed by atoms with Crippen molar-refractivity contribution in [1.82, 2.24) is 14.9 Å². The summed E-state index contributed by atoms with van der Waals surface area (Å²) in [6.45, 7) is -1.54. The molecule has 200 valence electrons. The van der Waals surface area contributed by atoms with Gasteiger partial charge in [0.1, 0.15) is 11.9 Å². The van der Waals surface area contributed by atoms with Gasteiger partial charge in [0.15, 0.2) is 6.61 Å². The molecule has 2 atom stereocenters. The molecule has 1 aromatic carbocycles. The van der Waals surface area contributed by atoms with Crippen molar-refractivity contribution in [2.45, 2.75) is 37.0 Å². The second-order valence-electron chi connectivity index (χ2n) is 8.74. The third-order valence-electron chi connectivity index (χ3n) is 6.40. The van der Waals surface area contributed by atoms with Crippen molar-refractivity contribution in [3.05, 3.63) is 70.6 Å². The minimum Gasteiger partial charge on any atom is -0.468 e. The number of benzene rings is 1. The van der Waals surface area contributed by atoms with Crippen LogP contribution in [0.1, 0.15) is 30.0 Å². The lowest BCUT2D eigenvalue weighted by Crippen LogP contribution is -2.52. The minimum absolute atomic E-state index is 0.0575. The molecule has 1 fully saturated rings. The third-order valence-corrected chi connectivity index (χ3v) is 6.71. The Kier molecular flexibility index (Phi) is 6.36. The fourth-order valence-electron chi connectivity index (χ4n) is 4.80. The van der Waals surface area contributed by atoms with E-state index < -0.39 is 59.8 Å². The molecule has 0 unspecified atom stereocenters. The van der Waals surface area contributed by atoms with Gasteiger partial charge in [-0.1, -0.05) is 11.6 Å². The smallest absolute Gasteiger partial charge is 0.422 e. The number of nitrogens with zero attached hydrogens (tertiary/aromatic N) is 3. The maximum absolute atomic E-state index is 15.2. The molecule has 0 saturated carbocycles. The molecular weight excluding hydrogens is 545 g/mol. The van der Waals surface area contributed by atoms with E-state index in [0.29, 0.717) is 0 Å². The van der Waals surface area contributed by atoms with Crippen molar-refractivity contribution in [2.24, 2.45) is 0 Å². The van der Waals surface area contributed by atoms with Crippen molar-refractivity contribution >= 4 is 23.3 Å². The maximum atomic E-state index is 15.2. The van der Waals surface area contributed by atoms with Crippen molar-refractivity contribution in [3.8, 4) is 17.0 Å². The number of nitrogens with one attached hydrogen (secondary N) is 1. The van der Waals surface area contributed by atoms with Crippen LogP contribution >= 0.6 is 11.6 Å². The van der Waals surface area contributed by atoms with Crippen LogP contribution in [-0.2, 0) is 5.92 Å². The van der Waals surface area contributed by atoms with Crippen LogP contribution in [0.2, 0.25) is 5.02 Å². The average Bonchev–Trinajstić information content (AvgIpc) is 3.26. The molecule has 0 radical (unpaired) electrons. The first-order valence-corrected chi connectivity index (χ1v) is 11.5. The Morgan fingerprint density at radius 2 is 1.92 bits per heavy atom. The summed E-state index contributed by atoms with van der Waals surface area (Å²) in [5, 5.41) is 2.21. The normalized spacial score (nSPS) is 19.7. The molecular formula is C24H16ClF7N4O2. The Labute approximate surface area is 215 Å². The van der Waals surface area contributed by atoms with Gasteiger partial charge in [-0.25, -0.2) is 19.2 Å². The van der Waals surface area contributed by atoms with E-state index in [9.17, 15) is 26.7 Å². The van der Waals surface area contributed by atoms with Crippen LogP contribution in [0.3, 0.4) is 0 Å². The Balaban J connectivity index is 1.37. The monoisotopic (exact) mass is 560 g/mol. The number of hydrogen-bond acceptors (Lipinski definition) is 4. The van der Waals surface area contributed by atoms with Crippen LogP contribution in [-0.4, -0.2) is 39.7 Å². The number of carbonyl (C=O) groups excluding carboxylic acids is 1. The van der Waals surface area contributed by atoms with Gasteiger partial charge in [-0.2, -0.15) is 26.3 Å². The number of urea groups is 1. The lowest BCUT2D eigenvalue weighted by molar-refractivity contribution is -0.154. The quantitative estimate of drug-likeness (QED) is 0.280. The van der Waals surface area contributed by atoms with Crippen LogP contribution in [0, 0.1) is 11.8 Å². The molecule has 6 nitrogen and oxygen atoms in total. The van der Waals surface area contributed by atoms with Crippen LogP contribution < -0.4 is 10.1 Å². The lowest BCUT2D eigenvalue weighted by atomic mass is 9.91. The molecule has 4 heterocycles. The first kappa shape index (κ1) is 26.0. The number of ether oxygens (including phenoxy) is 1. The Morgan fingerprint density at radius 1 is 1.16 bits per heavy atom. The molecule has 1 N–H and O–H groups in total. The second-order valence-corrected chi connectivity index (χ2v) is 9.14. The van der Waals surface area contributed by atoms with Crippen molar-refractivity contribution in [1.29, 1.82) is 0 Å². The number of halogens is 8. The minimum atomic E-state index is -4.55. The first-order valence-electron chi connectivity index (χ1n) is 11.1. The van der Waals surface area contributed by atoms with E-state index in [1.807, 2.05) is 0 Å². The van der Waals surface area contributed by atoms with Gasteiger partial charge < -0.3 is 15.0 Å². The molecule has 2 amide bonds.